The van der Waals surface area contributed by atoms with Crippen LogP contribution < -0.4 is 4.74 Å². The van der Waals surface area contributed by atoms with Gasteiger partial charge in [0.15, 0.2) is 0 Å². The van der Waals surface area contributed by atoms with Crippen molar-refractivity contribution in [2.24, 2.45) is 16.2 Å². The minimum Gasteiger partial charge on any atom is -0.496 e. The molecule has 1 fully saturated rings. The summed E-state index contributed by atoms with van der Waals surface area (Å²) in [5.74, 6) is 0.668. The van der Waals surface area contributed by atoms with Gasteiger partial charge in [0.05, 0.1) is 7.11 Å². The van der Waals surface area contributed by atoms with E-state index < -0.39 is 5.60 Å². The van der Waals surface area contributed by atoms with Crippen molar-refractivity contribution in [2.75, 3.05) is 7.11 Å². The van der Waals surface area contributed by atoms with Crippen LogP contribution in [0.3, 0.4) is 0 Å². The number of esters is 1. The van der Waals surface area contributed by atoms with E-state index in [1.807, 2.05) is 12.1 Å². The second kappa shape index (κ2) is 8.55. The number of benzene rings is 1. The van der Waals surface area contributed by atoms with Crippen LogP contribution in [0.25, 0.3) is 0 Å². The average molecular weight is 417 g/mol. The second-order valence-corrected chi connectivity index (χ2v) is 12.5. The predicted octanol–water partition coefficient (Wildman–Crippen LogP) is 7.78. The Bertz CT molecular complexity index is 735. The van der Waals surface area contributed by atoms with Crippen LogP contribution in [0.2, 0.25) is 0 Å². The summed E-state index contributed by atoms with van der Waals surface area (Å²) in [6.45, 7) is 20.2. The highest BCUT2D eigenvalue weighted by atomic mass is 16.6. The maximum atomic E-state index is 13.4. The third-order valence-corrected chi connectivity index (χ3v) is 6.77. The highest BCUT2D eigenvalue weighted by Crippen LogP contribution is 2.48. The van der Waals surface area contributed by atoms with Gasteiger partial charge in [-0.15, -0.1) is 0 Å². The first-order chi connectivity index (χ1) is 13.6. The lowest BCUT2D eigenvalue weighted by molar-refractivity contribution is -0.0750. The number of carbonyl (C=O) groups is 1. The van der Waals surface area contributed by atoms with E-state index in [4.69, 9.17) is 9.47 Å². The lowest BCUT2D eigenvalue weighted by Crippen LogP contribution is -2.44. The normalized spacial score (nSPS) is 18.2. The van der Waals surface area contributed by atoms with Gasteiger partial charge in [-0.2, -0.15) is 0 Å². The molecule has 1 aromatic carbocycles. The van der Waals surface area contributed by atoms with Gasteiger partial charge in [-0.1, -0.05) is 68.4 Å². The molecule has 0 saturated heterocycles. The first-order valence-corrected chi connectivity index (χ1v) is 11.5. The van der Waals surface area contributed by atoms with Crippen LogP contribution in [0.1, 0.15) is 116 Å². The Labute approximate surface area is 184 Å². The third-order valence-electron chi connectivity index (χ3n) is 6.77. The maximum absolute atomic E-state index is 13.4. The van der Waals surface area contributed by atoms with Crippen LogP contribution in [0.4, 0.5) is 0 Å². The molecule has 0 aromatic heterocycles. The Balaban J connectivity index is 2.45. The highest BCUT2D eigenvalue weighted by molar-refractivity contribution is 5.93. The fourth-order valence-electron chi connectivity index (χ4n) is 4.82. The summed E-state index contributed by atoms with van der Waals surface area (Å²) in [5, 5.41) is 0. The molecule has 1 aliphatic carbocycles. The van der Waals surface area contributed by atoms with Crippen molar-refractivity contribution >= 4 is 5.97 Å². The monoisotopic (exact) mass is 416 g/mol. The lowest BCUT2D eigenvalue weighted by Gasteiger charge is -2.41. The average Bonchev–Trinajstić information content (AvgIpc) is 3.07. The largest absolute Gasteiger partial charge is 0.496 e. The van der Waals surface area contributed by atoms with E-state index in [-0.39, 0.29) is 22.2 Å². The van der Waals surface area contributed by atoms with E-state index in [0.717, 1.165) is 32.1 Å². The molecule has 0 heterocycles. The van der Waals surface area contributed by atoms with Gasteiger partial charge < -0.3 is 9.47 Å². The number of hydrogen-bond acceptors (Lipinski definition) is 3. The zero-order valence-corrected chi connectivity index (χ0v) is 21.1. The van der Waals surface area contributed by atoms with Gasteiger partial charge in [0, 0.05) is 5.41 Å². The number of carbonyl (C=O) groups excluding carboxylic acids is 1. The second-order valence-electron chi connectivity index (χ2n) is 12.5. The SMILES string of the molecule is COc1ccc(C(CC(C)(C)C)C(C)(C)C)cc1C(=O)OC1(C(C)(C)C)CCCC1. The van der Waals surface area contributed by atoms with Crippen molar-refractivity contribution in [3.63, 3.8) is 0 Å². The van der Waals surface area contributed by atoms with Crippen LogP contribution in [0, 0.1) is 16.2 Å². The van der Waals surface area contributed by atoms with Crippen LogP contribution in [0.15, 0.2) is 18.2 Å². The summed E-state index contributed by atoms with van der Waals surface area (Å²) in [7, 11) is 1.62. The summed E-state index contributed by atoms with van der Waals surface area (Å²) < 4.78 is 11.9. The molecule has 0 aliphatic heterocycles. The van der Waals surface area contributed by atoms with Crippen molar-refractivity contribution in [1.82, 2.24) is 0 Å². The molecule has 1 saturated carbocycles. The topological polar surface area (TPSA) is 35.5 Å². The Hall–Kier alpha value is -1.51. The lowest BCUT2D eigenvalue weighted by atomic mass is 9.69. The Kier molecular flexibility index (Phi) is 7.06. The molecule has 0 radical (unpaired) electrons. The Morgan fingerprint density at radius 1 is 1.00 bits per heavy atom. The van der Waals surface area contributed by atoms with E-state index >= 15 is 0 Å². The van der Waals surface area contributed by atoms with Crippen LogP contribution >= 0.6 is 0 Å². The van der Waals surface area contributed by atoms with E-state index in [1.165, 1.54) is 5.56 Å². The fourth-order valence-corrected chi connectivity index (χ4v) is 4.82. The minimum absolute atomic E-state index is 0.0845. The Morgan fingerprint density at radius 2 is 1.57 bits per heavy atom. The van der Waals surface area contributed by atoms with Gasteiger partial charge in [0.1, 0.15) is 16.9 Å². The van der Waals surface area contributed by atoms with Crippen molar-refractivity contribution in [2.45, 2.75) is 106 Å². The molecule has 30 heavy (non-hydrogen) atoms. The molecule has 0 N–H and O–H groups in total. The third kappa shape index (κ3) is 5.59. The molecule has 170 valence electrons. The van der Waals surface area contributed by atoms with E-state index in [0.29, 0.717) is 17.2 Å². The smallest absolute Gasteiger partial charge is 0.342 e. The van der Waals surface area contributed by atoms with E-state index in [1.54, 1.807) is 7.11 Å². The van der Waals surface area contributed by atoms with Crippen molar-refractivity contribution in [1.29, 1.82) is 0 Å². The van der Waals surface area contributed by atoms with E-state index in [2.05, 4.69) is 68.4 Å². The van der Waals surface area contributed by atoms with Gasteiger partial charge in [-0.25, -0.2) is 4.79 Å². The van der Waals surface area contributed by atoms with Crippen molar-refractivity contribution < 1.29 is 14.3 Å². The number of rotatable bonds is 5. The summed E-state index contributed by atoms with van der Waals surface area (Å²) in [4.78, 5) is 13.4. The predicted molar refractivity (Wildman–Crippen MR) is 125 cm³/mol. The molecule has 1 unspecified atom stereocenters. The quantitative estimate of drug-likeness (QED) is 0.460. The molecule has 0 spiro atoms. The van der Waals surface area contributed by atoms with Gasteiger partial charge in [-0.05, 0) is 66.5 Å². The fraction of sp³-hybridized carbons (Fsp3) is 0.741. The molecule has 1 atom stereocenters. The molecule has 1 aliphatic rings. The first-order valence-electron chi connectivity index (χ1n) is 11.5. The van der Waals surface area contributed by atoms with Gasteiger partial charge in [-0.3, -0.25) is 0 Å². The molecule has 3 nitrogen and oxygen atoms in total. The number of methoxy groups -OCH3 is 1. The molecule has 1 aromatic rings. The summed E-state index contributed by atoms with van der Waals surface area (Å²) in [6.07, 6.45) is 5.12. The van der Waals surface area contributed by atoms with Crippen LogP contribution in [-0.2, 0) is 4.74 Å². The zero-order chi connectivity index (χ0) is 23.0. The zero-order valence-electron chi connectivity index (χ0n) is 21.1. The molecule has 0 amide bonds. The number of hydrogen-bond donors (Lipinski definition) is 0. The van der Waals surface area contributed by atoms with Gasteiger partial charge >= 0.3 is 5.97 Å². The van der Waals surface area contributed by atoms with Gasteiger partial charge in [0.2, 0.25) is 0 Å². The molecular weight excluding hydrogens is 372 g/mol. The standard InChI is InChI=1S/C27H44O3/c1-24(2,3)18-21(25(4,5)6)19-13-14-22(29-10)20(17-19)23(28)30-27(26(7,8)9)15-11-12-16-27/h13-14,17,21H,11-12,15-16,18H2,1-10H3. The highest BCUT2D eigenvalue weighted by Gasteiger charge is 2.48. The van der Waals surface area contributed by atoms with Crippen LogP contribution in [-0.4, -0.2) is 18.7 Å². The first kappa shape index (κ1) is 24.8. The molecular formula is C27H44O3. The molecule has 2 rings (SSSR count). The molecule has 3 heteroatoms. The maximum Gasteiger partial charge on any atom is 0.342 e. The molecule has 0 bridgehead atoms. The summed E-state index contributed by atoms with van der Waals surface area (Å²) in [5.41, 5.74) is 1.51. The van der Waals surface area contributed by atoms with E-state index in [9.17, 15) is 4.79 Å². The van der Waals surface area contributed by atoms with Gasteiger partial charge in [0.25, 0.3) is 0 Å². The van der Waals surface area contributed by atoms with Crippen molar-refractivity contribution in [3.8, 4) is 5.75 Å². The summed E-state index contributed by atoms with van der Waals surface area (Å²) >= 11 is 0. The van der Waals surface area contributed by atoms with Crippen LogP contribution in [0.5, 0.6) is 5.75 Å². The number of ether oxygens (including phenoxy) is 2. The Morgan fingerprint density at radius 3 is 2.00 bits per heavy atom. The minimum atomic E-state index is -0.403. The summed E-state index contributed by atoms with van der Waals surface area (Å²) in [6, 6.07) is 6.08. The van der Waals surface area contributed by atoms with Crippen molar-refractivity contribution in [3.05, 3.63) is 29.3 Å².